The molecule has 3 aromatic heterocycles. The molecule has 0 atom stereocenters. The van der Waals surface area contributed by atoms with Crippen LogP contribution in [-0.2, 0) is 6.54 Å². The normalized spacial score (nSPS) is 11.1. The number of fused-ring (bicyclic) bond motifs is 1. The number of aromatic nitrogens is 4. The first-order valence-corrected chi connectivity index (χ1v) is 7.06. The van der Waals surface area contributed by atoms with Crippen LogP contribution in [0, 0.1) is 6.92 Å². The second kappa shape index (κ2) is 5.11. The van der Waals surface area contributed by atoms with Crippen molar-refractivity contribution in [3.8, 4) is 11.5 Å². The van der Waals surface area contributed by atoms with Gasteiger partial charge in [-0.3, -0.25) is 0 Å². The molecule has 4 aromatic rings. The fourth-order valence-corrected chi connectivity index (χ4v) is 2.48. The number of furan rings is 1. The molecular weight excluding hydrogens is 276 g/mol. The average Bonchev–Trinajstić information content (AvgIpc) is 3.20. The SMILES string of the molecule is Cc1ccc(Cn2cnc3c(-c4ccco4)ncnc32)cc1. The van der Waals surface area contributed by atoms with Crippen molar-refractivity contribution in [1.29, 1.82) is 0 Å². The predicted molar refractivity (Wildman–Crippen MR) is 83.3 cm³/mol. The van der Waals surface area contributed by atoms with Crippen molar-refractivity contribution >= 4 is 11.2 Å². The Kier molecular flexibility index (Phi) is 2.96. The van der Waals surface area contributed by atoms with Crippen LogP contribution in [0.25, 0.3) is 22.6 Å². The summed E-state index contributed by atoms with van der Waals surface area (Å²) in [7, 11) is 0. The van der Waals surface area contributed by atoms with E-state index in [1.165, 1.54) is 11.1 Å². The number of rotatable bonds is 3. The summed E-state index contributed by atoms with van der Waals surface area (Å²) in [6.45, 7) is 2.81. The Morgan fingerprint density at radius 1 is 1.05 bits per heavy atom. The molecule has 0 spiro atoms. The third-order valence-electron chi connectivity index (χ3n) is 3.63. The highest BCUT2D eigenvalue weighted by Gasteiger charge is 2.13. The lowest BCUT2D eigenvalue weighted by molar-refractivity contribution is 0.580. The van der Waals surface area contributed by atoms with Crippen molar-refractivity contribution in [2.24, 2.45) is 0 Å². The molecule has 0 bridgehead atoms. The quantitative estimate of drug-likeness (QED) is 0.580. The lowest BCUT2D eigenvalue weighted by Gasteiger charge is -2.04. The number of hydrogen-bond acceptors (Lipinski definition) is 4. The van der Waals surface area contributed by atoms with Gasteiger partial charge in [0.05, 0.1) is 19.1 Å². The molecule has 22 heavy (non-hydrogen) atoms. The molecule has 0 unspecified atom stereocenters. The molecule has 0 radical (unpaired) electrons. The van der Waals surface area contributed by atoms with Gasteiger partial charge in [0.2, 0.25) is 0 Å². The first-order chi connectivity index (χ1) is 10.8. The Bertz CT molecular complexity index is 908. The number of benzene rings is 1. The molecule has 0 amide bonds. The molecule has 0 saturated carbocycles. The van der Waals surface area contributed by atoms with Crippen LogP contribution >= 0.6 is 0 Å². The van der Waals surface area contributed by atoms with Crippen LogP contribution < -0.4 is 0 Å². The third-order valence-corrected chi connectivity index (χ3v) is 3.63. The Morgan fingerprint density at radius 3 is 2.68 bits per heavy atom. The van der Waals surface area contributed by atoms with E-state index < -0.39 is 0 Å². The minimum Gasteiger partial charge on any atom is -0.463 e. The number of hydrogen-bond donors (Lipinski definition) is 0. The molecule has 5 heteroatoms. The first-order valence-electron chi connectivity index (χ1n) is 7.06. The van der Waals surface area contributed by atoms with Crippen molar-refractivity contribution < 1.29 is 4.42 Å². The van der Waals surface area contributed by atoms with E-state index in [1.807, 2.05) is 16.7 Å². The topological polar surface area (TPSA) is 56.7 Å². The highest BCUT2D eigenvalue weighted by Crippen LogP contribution is 2.24. The van der Waals surface area contributed by atoms with Crippen LogP contribution in [0.15, 0.2) is 59.7 Å². The lowest BCUT2D eigenvalue weighted by atomic mass is 10.1. The van der Waals surface area contributed by atoms with Gasteiger partial charge in [0.15, 0.2) is 11.4 Å². The summed E-state index contributed by atoms with van der Waals surface area (Å²) in [5, 5.41) is 0. The third kappa shape index (κ3) is 2.16. The van der Waals surface area contributed by atoms with Crippen LogP contribution in [0.2, 0.25) is 0 Å². The van der Waals surface area contributed by atoms with Gasteiger partial charge in [-0.1, -0.05) is 29.8 Å². The van der Waals surface area contributed by atoms with E-state index in [4.69, 9.17) is 4.42 Å². The van der Waals surface area contributed by atoms with Gasteiger partial charge in [-0.15, -0.1) is 0 Å². The Balaban J connectivity index is 1.77. The van der Waals surface area contributed by atoms with Crippen LogP contribution in [0.3, 0.4) is 0 Å². The van der Waals surface area contributed by atoms with Crippen molar-refractivity contribution in [2.75, 3.05) is 0 Å². The molecular formula is C17H14N4O. The summed E-state index contributed by atoms with van der Waals surface area (Å²) in [5.41, 5.74) is 4.74. The minimum absolute atomic E-state index is 0.702. The van der Waals surface area contributed by atoms with E-state index in [0.717, 1.165) is 23.4 Å². The summed E-state index contributed by atoms with van der Waals surface area (Å²) >= 11 is 0. The van der Waals surface area contributed by atoms with Crippen LogP contribution in [0.4, 0.5) is 0 Å². The highest BCUT2D eigenvalue weighted by molar-refractivity contribution is 5.85. The molecule has 1 aromatic carbocycles. The van der Waals surface area contributed by atoms with E-state index in [1.54, 1.807) is 18.9 Å². The maximum Gasteiger partial charge on any atom is 0.164 e. The zero-order valence-electron chi connectivity index (χ0n) is 12.1. The van der Waals surface area contributed by atoms with Gasteiger partial charge in [0.1, 0.15) is 17.5 Å². The summed E-state index contributed by atoms with van der Waals surface area (Å²) in [6.07, 6.45) is 4.98. The maximum absolute atomic E-state index is 5.43. The lowest BCUT2D eigenvalue weighted by Crippen LogP contribution is -1.99. The zero-order chi connectivity index (χ0) is 14.9. The van der Waals surface area contributed by atoms with Gasteiger partial charge in [0.25, 0.3) is 0 Å². The highest BCUT2D eigenvalue weighted by atomic mass is 16.3. The van der Waals surface area contributed by atoms with E-state index in [0.29, 0.717) is 5.76 Å². The largest absolute Gasteiger partial charge is 0.463 e. The first kappa shape index (κ1) is 12.8. The number of nitrogens with zero attached hydrogens (tertiary/aromatic N) is 4. The Labute approximate surface area is 127 Å². The predicted octanol–water partition coefficient (Wildman–Crippen LogP) is 3.44. The molecule has 4 rings (SSSR count). The van der Waals surface area contributed by atoms with Crippen molar-refractivity contribution in [3.63, 3.8) is 0 Å². The molecule has 5 nitrogen and oxygen atoms in total. The fourth-order valence-electron chi connectivity index (χ4n) is 2.48. The summed E-state index contributed by atoms with van der Waals surface area (Å²) in [5.74, 6) is 0.702. The van der Waals surface area contributed by atoms with Gasteiger partial charge in [0, 0.05) is 0 Å². The summed E-state index contributed by atoms with van der Waals surface area (Å²) in [4.78, 5) is 13.1. The number of aryl methyl sites for hydroxylation is 1. The molecule has 0 saturated heterocycles. The van der Waals surface area contributed by atoms with E-state index >= 15 is 0 Å². The van der Waals surface area contributed by atoms with Crippen LogP contribution in [0.5, 0.6) is 0 Å². The summed E-state index contributed by atoms with van der Waals surface area (Å²) in [6, 6.07) is 12.2. The fraction of sp³-hybridized carbons (Fsp3) is 0.118. The Hall–Kier alpha value is -2.95. The number of imidazole rings is 1. The molecule has 0 aliphatic rings. The molecule has 0 N–H and O–H groups in total. The van der Waals surface area contributed by atoms with Gasteiger partial charge in [-0.05, 0) is 24.6 Å². The van der Waals surface area contributed by atoms with Crippen LogP contribution in [-0.4, -0.2) is 19.5 Å². The van der Waals surface area contributed by atoms with Crippen molar-refractivity contribution in [2.45, 2.75) is 13.5 Å². The molecule has 0 aliphatic heterocycles. The standard InChI is InChI=1S/C17H14N4O/c1-12-4-6-13(7-5-12)9-21-11-20-16-15(14-3-2-8-22-14)18-10-19-17(16)21/h2-8,10-11H,9H2,1H3. The van der Waals surface area contributed by atoms with Gasteiger partial charge in [-0.2, -0.15) is 0 Å². The second-order valence-electron chi connectivity index (χ2n) is 5.23. The Morgan fingerprint density at radius 2 is 1.91 bits per heavy atom. The minimum atomic E-state index is 0.702. The molecule has 108 valence electrons. The van der Waals surface area contributed by atoms with Gasteiger partial charge < -0.3 is 8.98 Å². The van der Waals surface area contributed by atoms with Gasteiger partial charge >= 0.3 is 0 Å². The second-order valence-corrected chi connectivity index (χ2v) is 5.23. The molecule has 3 heterocycles. The molecule has 0 fully saturated rings. The van der Waals surface area contributed by atoms with Gasteiger partial charge in [-0.25, -0.2) is 15.0 Å². The van der Waals surface area contributed by atoms with E-state index in [-0.39, 0.29) is 0 Å². The van der Waals surface area contributed by atoms with E-state index in [2.05, 4.69) is 46.1 Å². The maximum atomic E-state index is 5.43. The summed E-state index contributed by atoms with van der Waals surface area (Å²) < 4.78 is 7.45. The van der Waals surface area contributed by atoms with Crippen LogP contribution in [0.1, 0.15) is 11.1 Å². The monoisotopic (exact) mass is 290 g/mol. The van der Waals surface area contributed by atoms with Crippen molar-refractivity contribution in [3.05, 3.63) is 66.4 Å². The zero-order valence-corrected chi connectivity index (χ0v) is 12.1. The van der Waals surface area contributed by atoms with E-state index in [9.17, 15) is 0 Å². The smallest absolute Gasteiger partial charge is 0.164 e. The van der Waals surface area contributed by atoms with Crippen molar-refractivity contribution in [1.82, 2.24) is 19.5 Å². The average molecular weight is 290 g/mol. The molecule has 0 aliphatic carbocycles.